The zero-order valence-electron chi connectivity index (χ0n) is 14.7. The molecule has 1 aromatic rings. The molecule has 0 aliphatic carbocycles. The van der Waals surface area contributed by atoms with E-state index in [2.05, 4.69) is 17.2 Å². The number of aromatic carboxylic acids is 1. The third-order valence-electron chi connectivity index (χ3n) is 4.06. The van der Waals surface area contributed by atoms with Crippen molar-refractivity contribution in [3.8, 4) is 0 Å². The maximum absolute atomic E-state index is 11.9. The topological polar surface area (TPSA) is 79.3 Å². The Morgan fingerprint density at radius 2 is 1.54 bits per heavy atom. The summed E-state index contributed by atoms with van der Waals surface area (Å²) in [5, 5.41) is 11.6. The highest BCUT2D eigenvalue weighted by molar-refractivity contribution is 5.93. The number of hydrogen-bond donors (Lipinski definition) is 2. The molecule has 2 N–H and O–H groups in total. The number of amides is 1. The molecule has 0 spiro atoms. The van der Waals surface area contributed by atoms with E-state index in [1.165, 1.54) is 69.7 Å². The van der Waals surface area contributed by atoms with Gasteiger partial charge in [-0.05, 0) is 18.6 Å². The van der Waals surface area contributed by atoms with Gasteiger partial charge >= 0.3 is 5.97 Å². The Morgan fingerprint density at radius 1 is 0.958 bits per heavy atom. The molecule has 24 heavy (non-hydrogen) atoms. The number of unbranched alkanes of at least 4 members (excludes halogenated alkanes) is 9. The minimum absolute atomic E-state index is 0.0845. The lowest BCUT2D eigenvalue weighted by molar-refractivity contribution is 0.0695. The molecule has 1 rings (SSSR count). The molecule has 5 heteroatoms. The Kier molecular flexibility index (Phi) is 10.5. The third-order valence-corrected chi connectivity index (χ3v) is 4.06. The number of carboxylic acid groups (broad SMARTS) is 1. The van der Waals surface area contributed by atoms with Gasteiger partial charge < -0.3 is 10.4 Å². The molecule has 1 aromatic heterocycles. The summed E-state index contributed by atoms with van der Waals surface area (Å²) >= 11 is 0. The summed E-state index contributed by atoms with van der Waals surface area (Å²) in [6.45, 7) is 2.87. The molecule has 1 amide bonds. The summed E-state index contributed by atoms with van der Waals surface area (Å²) < 4.78 is 0. The molecule has 0 aromatic carbocycles. The quantitative estimate of drug-likeness (QED) is 0.523. The van der Waals surface area contributed by atoms with Gasteiger partial charge in [0.1, 0.15) is 5.69 Å². The highest BCUT2D eigenvalue weighted by atomic mass is 16.4. The zero-order valence-corrected chi connectivity index (χ0v) is 14.7. The molecule has 0 saturated heterocycles. The summed E-state index contributed by atoms with van der Waals surface area (Å²) in [5.41, 5.74) is 0.341. The monoisotopic (exact) mass is 334 g/mol. The number of rotatable bonds is 13. The molecular formula is C19H30N2O3. The average molecular weight is 334 g/mol. The van der Waals surface area contributed by atoms with Crippen molar-refractivity contribution < 1.29 is 14.7 Å². The summed E-state index contributed by atoms with van der Waals surface area (Å²) in [6, 6.07) is 2.84. The minimum Gasteiger partial charge on any atom is -0.478 e. The number of carbonyl (C=O) groups excluding carboxylic acids is 1. The van der Waals surface area contributed by atoms with Crippen LogP contribution in [0, 0.1) is 0 Å². The van der Waals surface area contributed by atoms with Gasteiger partial charge in [-0.3, -0.25) is 9.78 Å². The van der Waals surface area contributed by atoms with Gasteiger partial charge in [-0.25, -0.2) is 4.79 Å². The average Bonchev–Trinajstić information content (AvgIpc) is 2.59. The van der Waals surface area contributed by atoms with E-state index >= 15 is 0 Å². The molecule has 1 heterocycles. The van der Waals surface area contributed by atoms with Crippen molar-refractivity contribution in [3.05, 3.63) is 29.6 Å². The minimum atomic E-state index is -1.04. The second-order valence-electron chi connectivity index (χ2n) is 6.18. The van der Waals surface area contributed by atoms with Crippen molar-refractivity contribution in [3.63, 3.8) is 0 Å². The van der Waals surface area contributed by atoms with E-state index < -0.39 is 5.97 Å². The Hall–Kier alpha value is -1.91. The van der Waals surface area contributed by atoms with Gasteiger partial charge in [0, 0.05) is 12.7 Å². The van der Waals surface area contributed by atoms with Gasteiger partial charge in [0.05, 0.1) is 5.56 Å². The first-order valence-electron chi connectivity index (χ1n) is 9.12. The molecule has 5 nitrogen and oxygen atoms in total. The van der Waals surface area contributed by atoms with Crippen LogP contribution in [0.2, 0.25) is 0 Å². The van der Waals surface area contributed by atoms with Crippen LogP contribution in [0.25, 0.3) is 0 Å². The fraction of sp³-hybridized carbons (Fsp3) is 0.632. The fourth-order valence-corrected chi connectivity index (χ4v) is 2.56. The normalized spacial score (nSPS) is 10.5. The van der Waals surface area contributed by atoms with Crippen molar-refractivity contribution in [2.75, 3.05) is 6.54 Å². The number of carboxylic acids is 1. The first kappa shape index (κ1) is 20.1. The van der Waals surface area contributed by atoms with E-state index in [1.807, 2.05) is 0 Å². The Bertz CT molecular complexity index is 486. The Labute approximate surface area is 144 Å². The molecule has 0 fully saturated rings. The van der Waals surface area contributed by atoms with Crippen LogP contribution >= 0.6 is 0 Å². The predicted molar refractivity (Wildman–Crippen MR) is 95.4 cm³/mol. The SMILES string of the molecule is CCCCCCCCCCCCNC(=O)c1ccc(C(=O)O)cn1. The third kappa shape index (κ3) is 8.65. The summed E-state index contributed by atoms with van der Waals surface area (Å²) in [5.74, 6) is -1.29. The lowest BCUT2D eigenvalue weighted by Crippen LogP contribution is -2.25. The highest BCUT2D eigenvalue weighted by Crippen LogP contribution is 2.10. The predicted octanol–water partition coefficient (Wildman–Crippen LogP) is 4.43. The van der Waals surface area contributed by atoms with Crippen LogP contribution in [0.4, 0.5) is 0 Å². The molecule has 0 bridgehead atoms. The molecular weight excluding hydrogens is 304 g/mol. The van der Waals surface area contributed by atoms with Gasteiger partial charge in [-0.15, -0.1) is 0 Å². The fourth-order valence-electron chi connectivity index (χ4n) is 2.56. The smallest absolute Gasteiger partial charge is 0.337 e. The zero-order chi connectivity index (χ0) is 17.6. The van der Waals surface area contributed by atoms with Crippen LogP contribution in [0.3, 0.4) is 0 Å². The van der Waals surface area contributed by atoms with E-state index in [0.717, 1.165) is 12.8 Å². The summed E-state index contributed by atoms with van der Waals surface area (Å²) in [6.07, 6.45) is 13.8. The van der Waals surface area contributed by atoms with E-state index in [1.54, 1.807) is 0 Å². The van der Waals surface area contributed by atoms with Crippen molar-refractivity contribution in [1.82, 2.24) is 10.3 Å². The van der Waals surface area contributed by atoms with Gasteiger partial charge in [0.25, 0.3) is 5.91 Å². The van der Waals surface area contributed by atoms with E-state index in [0.29, 0.717) is 6.54 Å². The second-order valence-corrected chi connectivity index (χ2v) is 6.18. The number of carbonyl (C=O) groups is 2. The largest absolute Gasteiger partial charge is 0.478 e. The molecule has 0 aliphatic heterocycles. The Morgan fingerprint density at radius 3 is 2.04 bits per heavy atom. The van der Waals surface area contributed by atoms with Crippen molar-refractivity contribution in [2.45, 2.75) is 71.1 Å². The van der Waals surface area contributed by atoms with Crippen molar-refractivity contribution >= 4 is 11.9 Å². The van der Waals surface area contributed by atoms with Crippen molar-refractivity contribution in [1.29, 1.82) is 0 Å². The maximum atomic E-state index is 11.9. The number of nitrogens with zero attached hydrogens (tertiary/aromatic N) is 1. The number of pyridine rings is 1. The molecule has 0 atom stereocenters. The van der Waals surface area contributed by atoms with E-state index in [4.69, 9.17) is 5.11 Å². The van der Waals surface area contributed by atoms with Gasteiger partial charge in [-0.1, -0.05) is 64.7 Å². The van der Waals surface area contributed by atoms with Crippen LogP contribution in [0.1, 0.15) is 92.0 Å². The van der Waals surface area contributed by atoms with Gasteiger partial charge in [-0.2, -0.15) is 0 Å². The first-order valence-corrected chi connectivity index (χ1v) is 9.12. The summed E-state index contributed by atoms with van der Waals surface area (Å²) in [7, 11) is 0. The van der Waals surface area contributed by atoms with Crippen LogP contribution in [-0.2, 0) is 0 Å². The lowest BCUT2D eigenvalue weighted by atomic mass is 10.1. The highest BCUT2D eigenvalue weighted by Gasteiger charge is 2.08. The number of aromatic nitrogens is 1. The molecule has 134 valence electrons. The summed E-state index contributed by atoms with van der Waals surface area (Å²) in [4.78, 5) is 26.5. The molecule has 0 aliphatic rings. The van der Waals surface area contributed by atoms with Gasteiger partial charge in [0.15, 0.2) is 0 Å². The first-order chi connectivity index (χ1) is 11.6. The van der Waals surface area contributed by atoms with Crippen LogP contribution in [0.15, 0.2) is 18.3 Å². The molecule has 0 saturated carbocycles. The Balaban J connectivity index is 2.02. The second kappa shape index (κ2) is 12.5. The van der Waals surface area contributed by atoms with E-state index in [9.17, 15) is 9.59 Å². The number of hydrogen-bond acceptors (Lipinski definition) is 3. The lowest BCUT2D eigenvalue weighted by Gasteiger charge is -2.05. The van der Waals surface area contributed by atoms with Crippen LogP contribution in [-0.4, -0.2) is 28.5 Å². The van der Waals surface area contributed by atoms with Crippen LogP contribution in [0.5, 0.6) is 0 Å². The van der Waals surface area contributed by atoms with Gasteiger partial charge in [0.2, 0.25) is 0 Å². The van der Waals surface area contributed by atoms with Crippen molar-refractivity contribution in [2.24, 2.45) is 0 Å². The molecule has 0 radical (unpaired) electrons. The van der Waals surface area contributed by atoms with Crippen LogP contribution < -0.4 is 5.32 Å². The number of nitrogens with one attached hydrogen (secondary N) is 1. The van der Waals surface area contributed by atoms with E-state index in [-0.39, 0.29) is 17.2 Å². The molecule has 0 unspecified atom stereocenters. The maximum Gasteiger partial charge on any atom is 0.337 e. The standard InChI is InChI=1S/C19H30N2O3/c1-2-3-4-5-6-7-8-9-10-11-14-20-18(22)17-13-12-16(15-21-17)19(23)24/h12-13,15H,2-11,14H2,1H3,(H,20,22)(H,23,24).